The fourth-order valence-corrected chi connectivity index (χ4v) is 3.69. The molecule has 0 bridgehead atoms. The molecule has 1 aliphatic heterocycles. The summed E-state index contributed by atoms with van der Waals surface area (Å²) in [5, 5.41) is 2.14. The lowest BCUT2D eigenvalue weighted by molar-refractivity contribution is 0.133. The Kier molecular flexibility index (Phi) is 3.45. The fourth-order valence-electron chi connectivity index (χ4n) is 3.14. The van der Waals surface area contributed by atoms with Crippen molar-refractivity contribution in [1.29, 1.82) is 0 Å². The van der Waals surface area contributed by atoms with Crippen molar-refractivity contribution >= 4 is 22.4 Å². The number of para-hydroxylation sites is 2. The molecule has 21 heavy (non-hydrogen) atoms. The van der Waals surface area contributed by atoms with Gasteiger partial charge in [-0.25, -0.2) is 9.97 Å². The van der Waals surface area contributed by atoms with Crippen LogP contribution in [0.3, 0.4) is 0 Å². The van der Waals surface area contributed by atoms with E-state index in [1.165, 1.54) is 25.0 Å². The molecule has 0 aliphatic carbocycles. The second kappa shape index (κ2) is 5.58. The van der Waals surface area contributed by atoms with E-state index in [1.54, 1.807) is 11.3 Å². The van der Waals surface area contributed by atoms with Gasteiger partial charge in [-0.05, 0) is 31.5 Å². The van der Waals surface area contributed by atoms with E-state index in [-0.39, 0.29) is 0 Å². The van der Waals surface area contributed by atoms with Crippen LogP contribution in [0.15, 0.2) is 35.2 Å². The summed E-state index contributed by atoms with van der Waals surface area (Å²) in [4.78, 5) is 15.2. The Morgan fingerprint density at radius 1 is 1.29 bits per heavy atom. The second-order valence-corrected chi connectivity index (χ2v) is 6.32. The quantitative estimate of drug-likeness (QED) is 0.801. The number of nitrogens with one attached hydrogen (secondary N) is 1. The molecule has 4 rings (SSSR count). The van der Waals surface area contributed by atoms with Crippen LogP contribution < -0.4 is 0 Å². The molecule has 2 aromatic heterocycles. The van der Waals surface area contributed by atoms with Crippen LogP contribution in [0, 0.1) is 0 Å². The Hall–Kier alpha value is -1.72. The first-order valence-electron chi connectivity index (χ1n) is 7.46. The maximum atomic E-state index is 4.80. The van der Waals surface area contributed by atoms with E-state index in [4.69, 9.17) is 4.98 Å². The van der Waals surface area contributed by atoms with Gasteiger partial charge < -0.3 is 4.98 Å². The van der Waals surface area contributed by atoms with Crippen LogP contribution in [-0.4, -0.2) is 26.4 Å². The highest BCUT2D eigenvalue weighted by atomic mass is 32.1. The van der Waals surface area contributed by atoms with Crippen molar-refractivity contribution in [3.05, 3.63) is 46.7 Å². The minimum absolute atomic E-state index is 0.382. The first-order valence-corrected chi connectivity index (χ1v) is 8.40. The zero-order valence-corrected chi connectivity index (χ0v) is 12.6. The molecule has 1 aliphatic rings. The van der Waals surface area contributed by atoms with E-state index in [2.05, 4.69) is 38.4 Å². The highest BCUT2D eigenvalue weighted by molar-refractivity contribution is 7.07. The lowest BCUT2D eigenvalue weighted by Gasteiger charge is -2.33. The number of rotatable bonds is 3. The van der Waals surface area contributed by atoms with E-state index in [9.17, 15) is 0 Å². The zero-order chi connectivity index (χ0) is 14.1. The van der Waals surface area contributed by atoms with E-state index in [1.807, 2.05) is 11.6 Å². The Labute approximate surface area is 127 Å². The SMILES string of the molecule is c1ccc2[nH]c(C3CCCCN3Cc3cscn3)nc2c1. The molecule has 0 spiro atoms. The molecule has 1 aromatic carbocycles. The summed E-state index contributed by atoms with van der Waals surface area (Å²) in [6, 6.07) is 8.65. The molecule has 1 unspecified atom stereocenters. The van der Waals surface area contributed by atoms with Gasteiger partial charge in [0, 0.05) is 11.9 Å². The summed E-state index contributed by atoms with van der Waals surface area (Å²) in [6.07, 6.45) is 3.71. The number of fused-ring (bicyclic) bond motifs is 1. The predicted molar refractivity (Wildman–Crippen MR) is 85.2 cm³/mol. The van der Waals surface area contributed by atoms with Crippen molar-refractivity contribution in [2.45, 2.75) is 31.8 Å². The second-order valence-electron chi connectivity index (χ2n) is 5.60. The molecule has 5 heteroatoms. The van der Waals surface area contributed by atoms with E-state index in [0.29, 0.717) is 6.04 Å². The number of H-pyrrole nitrogens is 1. The van der Waals surface area contributed by atoms with Crippen molar-refractivity contribution in [2.24, 2.45) is 0 Å². The van der Waals surface area contributed by atoms with Crippen LogP contribution in [0.1, 0.15) is 36.8 Å². The Morgan fingerprint density at radius 2 is 2.24 bits per heavy atom. The highest BCUT2D eigenvalue weighted by Crippen LogP contribution is 2.31. The number of aromatic nitrogens is 3. The number of imidazole rings is 1. The van der Waals surface area contributed by atoms with E-state index in [0.717, 1.165) is 29.9 Å². The number of nitrogens with zero attached hydrogens (tertiary/aromatic N) is 3. The molecule has 3 heterocycles. The minimum atomic E-state index is 0.382. The molecule has 3 aromatic rings. The molecule has 1 saturated heterocycles. The molecule has 0 amide bonds. The molecule has 0 saturated carbocycles. The molecule has 1 N–H and O–H groups in total. The van der Waals surface area contributed by atoms with Gasteiger partial charge in [-0.2, -0.15) is 0 Å². The number of thiazole rings is 1. The first-order chi connectivity index (χ1) is 10.4. The molecule has 0 radical (unpaired) electrons. The van der Waals surface area contributed by atoms with E-state index < -0.39 is 0 Å². The molecule has 4 nitrogen and oxygen atoms in total. The van der Waals surface area contributed by atoms with Gasteiger partial charge in [0.1, 0.15) is 5.82 Å². The molecule has 1 atom stereocenters. The van der Waals surface area contributed by atoms with Gasteiger partial charge in [0.25, 0.3) is 0 Å². The molecule has 1 fully saturated rings. The van der Waals surface area contributed by atoms with Crippen LogP contribution in [0.5, 0.6) is 0 Å². The number of likely N-dealkylation sites (tertiary alicyclic amines) is 1. The van der Waals surface area contributed by atoms with Gasteiger partial charge in [0.2, 0.25) is 0 Å². The number of hydrogen-bond acceptors (Lipinski definition) is 4. The fraction of sp³-hybridized carbons (Fsp3) is 0.375. The van der Waals surface area contributed by atoms with Crippen molar-refractivity contribution in [3.8, 4) is 0 Å². The standard InChI is InChI=1S/C16H18N4S/c1-2-6-14-13(5-1)18-16(19-14)15-7-3-4-8-20(15)9-12-10-21-11-17-12/h1-2,5-6,10-11,15H,3-4,7-9H2,(H,18,19). The van der Waals surface area contributed by atoms with Crippen LogP contribution in [0.25, 0.3) is 11.0 Å². The van der Waals surface area contributed by atoms with Crippen molar-refractivity contribution < 1.29 is 0 Å². The predicted octanol–water partition coefficient (Wildman–Crippen LogP) is 3.75. The molecular formula is C16H18N4S. The topological polar surface area (TPSA) is 44.8 Å². The smallest absolute Gasteiger partial charge is 0.124 e. The highest BCUT2D eigenvalue weighted by Gasteiger charge is 2.26. The lowest BCUT2D eigenvalue weighted by atomic mass is 10.0. The summed E-state index contributed by atoms with van der Waals surface area (Å²) in [6.45, 7) is 2.05. The van der Waals surface area contributed by atoms with Crippen LogP contribution in [0.4, 0.5) is 0 Å². The summed E-state index contributed by atoms with van der Waals surface area (Å²) in [7, 11) is 0. The summed E-state index contributed by atoms with van der Waals surface area (Å²) >= 11 is 1.67. The molecular weight excluding hydrogens is 280 g/mol. The minimum Gasteiger partial charge on any atom is -0.341 e. The third kappa shape index (κ3) is 2.59. The Morgan fingerprint density at radius 3 is 3.10 bits per heavy atom. The van der Waals surface area contributed by atoms with Gasteiger partial charge in [0.15, 0.2) is 0 Å². The van der Waals surface area contributed by atoms with Gasteiger partial charge in [-0.1, -0.05) is 18.6 Å². The van der Waals surface area contributed by atoms with Gasteiger partial charge in [-0.3, -0.25) is 4.90 Å². The van der Waals surface area contributed by atoms with Crippen LogP contribution in [-0.2, 0) is 6.54 Å². The van der Waals surface area contributed by atoms with Gasteiger partial charge >= 0.3 is 0 Å². The van der Waals surface area contributed by atoms with Crippen LogP contribution in [0.2, 0.25) is 0 Å². The average Bonchev–Trinajstić information content (AvgIpc) is 3.16. The molecule has 108 valence electrons. The number of aromatic amines is 1. The summed E-state index contributed by atoms with van der Waals surface area (Å²) in [5.41, 5.74) is 5.27. The average molecular weight is 298 g/mol. The van der Waals surface area contributed by atoms with Gasteiger partial charge in [0.05, 0.1) is 28.3 Å². The summed E-state index contributed by atoms with van der Waals surface area (Å²) in [5.74, 6) is 1.10. The zero-order valence-electron chi connectivity index (χ0n) is 11.8. The van der Waals surface area contributed by atoms with Crippen molar-refractivity contribution in [2.75, 3.05) is 6.54 Å². The lowest BCUT2D eigenvalue weighted by Crippen LogP contribution is -2.33. The van der Waals surface area contributed by atoms with Gasteiger partial charge in [-0.15, -0.1) is 11.3 Å². The number of hydrogen-bond donors (Lipinski definition) is 1. The monoisotopic (exact) mass is 298 g/mol. The summed E-state index contributed by atoms with van der Waals surface area (Å²) < 4.78 is 0. The maximum Gasteiger partial charge on any atom is 0.124 e. The number of piperidine rings is 1. The van der Waals surface area contributed by atoms with Crippen molar-refractivity contribution in [3.63, 3.8) is 0 Å². The van der Waals surface area contributed by atoms with E-state index >= 15 is 0 Å². The van der Waals surface area contributed by atoms with Crippen molar-refractivity contribution in [1.82, 2.24) is 19.9 Å². The largest absolute Gasteiger partial charge is 0.341 e. The normalized spacial score (nSPS) is 20.1. The first kappa shape index (κ1) is 13.0. The van der Waals surface area contributed by atoms with Crippen LogP contribution >= 0.6 is 11.3 Å². The Bertz CT molecular complexity index is 686. The maximum absolute atomic E-state index is 4.80. The third-order valence-corrected chi connectivity index (χ3v) is 4.82. The third-order valence-electron chi connectivity index (χ3n) is 4.19. The number of benzene rings is 1. The Balaban J connectivity index is 1.63.